The van der Waals surface area contributed by atoms with Crippen molar-refractivity contribution < 1.29 is 162 Å². The zero-order valence-corrected chi connectivity index (χ0v) is 71.8. The van der Waals surface area contributed by atoms with Crippen molar-refractivity contribution in [2.75, 3.05) is 19.8 Å². The molecular weight excluding hydrogens is 1780 g/mol. The Hall–Kier alpha value is -11.8. The summed E-state index contributed by atoms with van der Waals surface area (Å²) in [5.74, 6) is -20.8. The number of carbonyl (C=O) groups excluding carboxylic acids is 8. The number of hydrogen-bond donors (Lipinski definition) is 23. The largest absolute Gasteiger partial charge is 0.508 e. The van der Waals surface area contributed by atoms with Crippen LogP contribution in [0, 0.1) is 5.92 Å². The first-order valence-corrected chi connectivity index (χ1v) is 43.1. The molecule has 16 rings (SSSR count). The van der Waals surface area contributed by atoms with Crippen LogP contribution < -0.4 is 66.6 Å². The fraction of sp³-hybridized carbons (Fsp3) is 0.427. The number of nitrogens with one attached hydrogen (secondary N) is 7. The number of benzene rings is 7. The minimum Gasteiger partial charge on any atom is -0.508 e. The number of aromatic hydroxyl groups is 4. The summed E-state index contributed by atoms with van der Waals surface area (Å²) < 4.78 is 57.6. The van der Waals surface area contributed by atoms with Crippen LogP contribution in [0.1, 0.15) is 147 Å². The number of aliphatic hydroxyl groups excluding tert-OH is 10. The number of carbonyl (C=O) groups is 9. The second kappa shape index (κ2) is 41.1. The number of fused-ring (bicyclic) bond motifs is 14. The van der Waals surface area contributed by atoms with E-state index in [4.69, 9.17) is 71.6 Å². The van der Waals surface area contributed by atoms with Gasteiger partial charge in [-0.15, -0.1) is 0 Å². The van der Waals surface area contributed by atoms with Crippen molar-refractivity contribution in [3.8, 4) is 80.1 Å². The highest BCUT2D eigenvalue weighted by molar-refractivity contribution is 6.32. The molecular formula is C89H98Cl2N8O33. The Morgan fingerprint density at radius 2 is 1.06 bits per heavy atom. The number of ketones is 1. The monoisotopic (exact) mass is 1880 g/mol. The van der Waals surface area contributed by atoms with Gasteiger partial charge in [-0.05, 0) is 126 Å². The lowest BCUT2D eigenvalue weighted by Crippen LogP contribution is -2.65. The number of aliphatic carboxylic acids is 1. The van der Waals surface area contributed by atoms with E-state index in [1.165, 1.54) is 30.3 Å². The molecule has 0 aromatic heterocycles. The number of halogens is 2. The van der Waals surface area contributed by atoms with Crippen LogP contribution in [0.15, 0.2) is 115 Å². The average Bonchev–Trinajstić information content (AvgIpc) is 0.757. The molecule has 9 heterocycles. The maximum absolute atomic E-state index is 17.0. The number of phenolic OH excluding ortho intramolecular Hbond substituents is 4. The van der Waals surface area contributed by atoms with Crippen LogP contribution in [0.4, 0.5) is 0 Å². The highest BCUT2D eigenvalue weighted by atomic mass is 35.5. The molecule has 17 bridgehead atoms. The first kappa shape index (κ1) is 96.2. The van der Waals surface area contributed by atoms with Crippen molar-refractivity contribution in [2.24, 2.45) is 11.7 Å². The molecule has 9 aliphatic rings. The number of nitrogens with two attached hydrogens (primary N) is 1. The number of hydrogen-bond acceptors (Lipinski definition) is 33. The maximum Gasteiger partial charge on any atom is 0.330 e. The van der Waals surface area contributed by atoms with Crippen molar-refractivity contribution in [3.63, 3.8) is 0 Å². The summed E-state index contributed by atoms with van der Waals surface area (Å²) in [5, 5.41) is 188. The Kier molecular flexibility index (Phi) is 30.0. The normalized spacial score (nSPS) is 28.9. The van der Waals surface area contributed by atoms with Crippen molar-refractivity contribution in [3.05, 3.63) is 164 Å². The molecule has 23 atom stereocenters. The van der Waals surface area contributed by atoms with Crippen LogP contribution in [-0.4, -0.2) is 248 Å². The van der Waals surface area contributed by atoms with E-state index < -0.39 is 311 Å². The maximum atomic E-state index is 17.0. The lowest BCUT2D eigenvalue weighted by atomic mass is 9.87. The van der Waals surface area contributed by atoms with Gasteiger partial charge in [-0.2, -0.15) is 0 Å². The van der Waals surface area contributed by atoms with Gasteiger partial charge in [0.1, 0.15) is 149 Å². The summed E-state index contributed by atoms with van der Waals surface area (Å²) in [5.41, 5.74) is 2.87. The summed E-state index contributed by atoms with van der Waals surface area (Å²) in [6.45, 7) is 0.0373. The van der Waals surface area contributed by atoms with Gasteiger partial charge in [0, 0.05) is 54.0 Å². The molecule has 9 aliphatic heterocycles. The molecule has 7 aromatic rings. The molecule has 3 fully saturated rings. The highest BCUT2D eigenvalue weighted by Gasteiger charge is 2.52. The van der Waals surface area contributed by atoms with Crippen LogP contribution in [0.5, 0.6) is 69.0 Å². The zero-order chi connectivity index (χ0) is 94.7. The van der Waals surface area contributed by atoms with Gasteiger partial charge in [-0.3, -0.25) is 33.6 Å². The topological polar surface area (TPSA) is 650 Å². The summed E-state index contributed by atoms with van der Waals surface area (Å²) in [4.78, 5) is 138. The van der Waals surface area contributed by atoms with E-state index in [1.807, 2.05) is 0 Å². The molecule has 7 aromatic carbocycles. The van der Waals surface area contributed by atoms with E-state index in [9.17, 15) is 95.8 Å². The number of ether oxygens (including phenoxy) is 9. The van der Waals surface area contributed by atoms with Crippen LogP contribution in [-0.2, 0) is 68.5 Å². The fourth-order valence-corrected chi connectivity index (χ4v) is 17.2. The van der Waals surface area contributed by atoms with Gasteiger partial charge in [0.25, 0.3) is 0 Å². The van der Waals surface area contributed by atoms with Gasteiger partial charge < -0.3 is 167 Å². The van der Waals surface area contributed by atoms with Crippen LogP contribution >= 0.6 is 23.2 Å². The molecule has 0 saturated carbocycles. The summed E-state index contributed by atoms with van der Waals surface area (Å²) in [6.07, 6.45) is -24.1. The summed E-state index contributed by atoms with van der Waals surface area (Å²) in [7, 11) is 0. The molecule has 24 N–H and O–H groups in total. The fourth-order valence-electron chi connectivity index (χ4n) is 16.8. The van der Waals surface area contributed by atoms with Crippen molar-refractivity contribution >= 4 is 76.3 Å². The number of Topliss-reactive ketones (excluding diaryl/α,β-unsaturated/α-hetero) is 1. The Labute approximate surface area is 760 Å². The van der Waals surface area contributed by atoms with Crippen LogP contribution in [0.3, 0.4) is 0 Å². The first-order chi connectivity index (χ1) is 63.0. The molecule has 1 unspecified atom stereocenters. The second-order valence-corrected chi connectivity index (χ2v) is 33.9. The lowest BCUT2D eigenvalue weighted by molar-refractivity contribution is -0.299. The number of rotatable bonds is 21. The molecule has 3 saturated heterocycles. The quantitative estimate of drug-likeness (QED) is 0.0459. The predicted molar refractivity (Wildman–Crippen MR) is 454 cm³/mol. The second-order valence-electron chi connectivity index (χ2n) is 33.1. The van der Waals surface area contributed by atoms with E-state index in [1.54, 1.807) is 0 Å². The van der Waals surface area contributed by atoms with E-state index in [0.29, 0.717) is 12.8 Å². The van der Waals surface area contributed by atoms with Gasteiger partial charge in [-0.1, -0.05) is 92.9 Å². The Bertz CT molecular complexity index is 5540. The number of amides is 7. The third-order valence-corrected chi connectivity index (χ3v) is 24.3. The third-order valence-electron chi connectivity index (χ3n) is 23.7. The van der Waals surface area contributed by atoms with E-state index in [0.717, 1.165) is 124 Å². The molecule has 132 heavy (non-hydrogen) atoms. The number of phenols is 4. The number of aliphatic hydroxyl groups is 10. The predicted octanol–water partition coefficient (Wildman–Crippen LogP) is 2.25. The Balaban J connectivity index is 1.04. The molecule has 43 heteroatoms. The molecule has 0 aliphatic carbocycles. The number of carboxylic acid groups (broad SMARTS) is 1. The molecule has 0 radical (unpaired) electrons. The zero-order valence-electron chi connectivity index (χ0n) is 70.3. The first-order valence-electron chi connectivity index (χ1n) is 42.3. The summed E-state index contributed by atoms with van der Waals surface area (Å²) in [6, 6.07) is 2.82. The van der Waals surface area contributed by atoms with Crippen molar-refractivity contribution in [1.82, 2.24) is 37.2 Å². The van der Waals surface area contributed by atoms with E-state index in [2.05, 4.69) is 44.1 Å². The van der Waals surface area contributed by atoms with Crippen LogP contribution in [0.2, 0.25) is 10.0 Å². The SMILES string of the molecule is CCCCCCCCCC(=O)N[C@H]1[C@H](Oc2c3cc4cc2Oc2ccc(cc2Cl)[C@@H](O[C@@H]2O[C@H](CO)[C@@H](O)[C@H](O)[C@H]2CC(C)=O)[C@@H]2NC(=O)[C@H](NC(=O)C4NC(=O)[C@H]4NC(=O)[C@H](Cc5ccc(c(Cl)c5)O3)NC(=O)[C@H](N)c3ccc(O)c(c3)Oc3cc(O)cc4c3)c3ccc(O)c(c3)-c3c(O[C@H]4O[C@H](CO)[C@@H](O)[C@H](O)[C@@H]4O)cc(O)cc3[C@H](C(=O)O)NC2=O)O[C@H](CO)[C@@H](O)[C@@H]1O. The van der Waals surface area contributed by atoms with Gasteiger partial charge >= 0.3 is 5.97 Å². The van der Waals surface area contributed by atoms with Gasteiger partial charge in [-0.25, -0.2) is 4.79 Å². The van der Waals surface area contributed by atoms with E-state index >= 15 is 24.0 Å². The van der Waals surface area contributed by atoms with Gasteiger partial charge in [0.2, 0.25) is 59.7 Å². The lowest BCUT2D eigenvalue weighted by Gasteiger charge is -2.44. The van der Waals surface area contributed by atoms with Gasteiger partial charge in [0.05, 0.1) is 36.0 Å². The molecule has 7 amide bonds. The number of unbranched alkanes of at least 4 members (excludes halogenated alkanes) is 6. The molecule has 706 valence electrons. The standard InChI is InChI=1S/C89H98Cl2N8O33/c1-3-4-5-6-7-8-9-10-62(108)94-69-75(113)73(111)60(33-101)129-88(69)132-79-57-27-41-28-58(79)126-54-18-14-39(25-49(54)91)78(131-87-47(19-35(2)103)71(109)72(110)59(32-100)128-87)70-85(121)98-68(86(122)123)46-30-43(105)31-56(127-89-77(115)76(114)74(112)61(34-102)130-89)63(46)45-24-38(13-15-51(45)106)65(82(118)99-70)96-84(120)67(41)97-83(119)66-40-22-42(104)29-44(23-40)124-55-26-37(12-16-52(55)107)64(92)81(117)93-50(80(116)95-66)21-36-11-17-53(125-57)48(90)20-36/h11-18,20,22-31,47,50,59-61,64-78,87-89,100-102,104-107,109-115H,3-10,19,21,32-34,92H2,1-2H3,(H,93,117)(H,94,108)(H,95,116)(H,96,120)(H,97,119)(H,98,121)(H,99,118)(H,122,123)/t47-,50+,59-,60-,61-,64-,65-,66+,67?,68-,69-,70+,71-,72-,73-,74-,75-,76+,77+,78-,87+,88+,89+/m1/s1. The van der Waals surface area contributed by atoms with Gasteiger partial charge in [0.15, 0.2) is 35.3 Å². The minimum absolute atomic E-state index is 0.0293. The van der Waals surface area contributed by atoms with Crippen molar-refractivity contribution in [2.45, 2.75) is 212 Å². The Morgan fingerprint density at radius 1 is 0.500 bits per heavy atom. The minimum atomic E-state index is -2.56. The highest BCUT2D eigenvalue weighted by Crippen LogP contribution is 2.51. The van der Waals surface area contributed by atoms with Crippen molar-refractivity contribution in [1.29, 1.82) is 0 Å². The van der Waals surface area contributed by atoms with E-state index in [-0.39, 0.29) is 50.9 Å². The smallest absolute Gasteiger partial charge is 0.330 e. The van der Waals surface area contributed by atoms with Crippen LogP contribution in [0.25, 0.3) is 11.1 Å². The molecule has 0 spiro atoms. The number of carboxylic acids is 1. The average molecular weight is 1880 g/mol. The third kappa shape index (κ3) is 20.8. The molecule has 41 nitrogen and oxygen atoms in total. The summed E-state index contributed by atoms with van der Waals surface area (Å²) >= 11 is 14.7. The Morgan fingerprint density at radius 3 is 1.70 bits per heavy atom.